The first-order chi connectivity index (χ1) is 7.13. The quantitative estimate of drug-likeness (QED) is 0.751. The lowest BCUT2D eigenvalue weighted by Gasteiger charge is -2.21. The molecule has 84 valence electrons. The highest BCUT2D eigenvalue weighted by atomic mass is 32.1. The predicted octanol–water partition coefficient (Wildman–Crippen LogP) is 2.99. The van der Waals surface area contributed by atoms with Gasteiger partial charge in [-0.25, -0.2) is 0 Å². The fraction of sp³-hybridized carbons (Fsp3) is 0.538. The van der Waals surface area contributed by atoms with Crippen LogP contribution < -0.4 is 0 Å². The molecule has 0 aliphatic rings. The van der Waals surface area contributed by atoms with Gasteiger partial charge in [-0.15, -0.1) is 0 Å². The van der Waals surface area contributed by atoms with Gasteiger partial charge in [-0.2, -0.15) is 12.6 Å². The molecule has 15 heavy (non-hydrogen) atoms. The second-order valence-electron chi connectivity index (χ2n) is 4.41. The molecule has 0 amide bonds. The molecule has 0 saturated heterocycles. The molecule has 0 heterocycles. The van der Waals surface area contributed by atoms with E-state index in [1.54, 1.807) is 0 Å². The SMILES string of the molecule is Cc1ccccc1CN(C)CC(C)CS. The van der Waals surface area contributed by atoms with Gasteiger partial charge in [0.25, 0.3) is 0 Å². The molecule has 0 spiro atoms. The van der Waals surface area contributed by atoms with E-state index >= 15 is 0 Å². The highest BCUT2D eigenvalue weighted by Crippen LogP contribution is 2.10. The largest absolute Gasteiger partial charge is 0.302 e. The van der Waals surface area contributed by atoms with Crippen LogP contribution in [0.4, 0.5) is 0 Å². The van der Waals surface area contributed by atoms with Crippen LogP contribution in [0.1, 0.15) is 18.1 Å². The van der Waals surface area contributed by atoms with E-state index in [1.807, 2.05) is 0 Å². The van der Waals surface area contributed by atoms with Gasteiger partial charge in [0.1, 0.15) is 0 Å². The maximum atomic E-state index is 4.31. The zero-order valence-corrected chi connectivity index (χ0v) is 10.8. The van der Waals surface area contributed by atoms with Gasteiger partial charge in [-0.1, -0.05) is 31.2 Å². The van der Waals surface area contributed by atoms with Crippen LogP contribution in [-0.4, -0.2) is 24.2 Å². The van der Waals surface area contributed by atoms with Crippen molar-refractivity contribution in [3.05, 3.63) is 35.4 Å². The van der Waals surface area contributed by atoms with Gasteiger partial charge in [-0.05, 0) is 36.8 Å². The summed E-state index contributed by atoms with van der Waals surface area (Å²) in [7, 11) is 2.17. The molecule has 2 heteroatoms. The van der Waals surface area contributed by atoms with Crippen LogP contribution in [0.5, 0.6) is 0 Å². The summed E-state index contributed by atoms with van der Waals surface area (Å²) >= 11 is 4.31. The molecule has 0 radical (unpaired) electrons. The molecule has 1 atom stereocenters. The van der Waals surface area contributed by atoms with Crippen molar-refractivity contribution in [2.24, 2.45) is 5.92 Å². The molecule has 1 rings (SSSR count). The first-order valence-corrected chi connectivity index (χ1v) is 6.10. The van der Waals surface area contributed by atoms with E-state index in [4.69, 9.17) is 0 Å². The molecular formula is C13H21NS. The number of hydrogen-bond donors (Lipinski definition) is 1. The summed E-state index contributed by atoms with van der Waals surface area (Å²) in [6.07, 6.45) is 0. The Bertz CT molecular complexity index is 298. The van der Waals surface area contributed by atoms with Crippen molar-refractivity contribution < 1.29 is 0 Å². The topological polar surface area (TPSA) is 3.24 Å². The smallest absolute Gasteiger partial charge is 0.0233 e. The average Bonchev–Trinajstić information content (AvgIpc) is 2.21. The van der Waals surface area contributed by atoms with Gasteiger partial charge in [0.05, 0.1) is 0 Å². The Kier molecular flexibility index (Phi) is 5.20. The van der Waals surface area contributed by atoms with Crippen LogP contribution in [0.25, 0.3) is 0 Å². The lowest BCUT2D eigenvalue weighted by atomic mass is 10.1. The summed E-state index contributed by atoms with van der Waals surface area (Å²) < 4.78 is 0. The van der Waals surface area contributed by atoms with Gasteiger partial charge < -0.3 is 4.90 Å². The van der Waals surface area contributed by atoms with Crippen LogP contribution >= 0.6 is 12.6 Å². The molecule has 0 saturated carbocycles. The molecule has 0 fully saturated rings. The van der Waals surface area contributed by atoms with Crippen molar-refractivity contribution >= 4 is 12.6 Å². The van der Waals surface area contributed by atoms with Gasteiger partial charge >= 0.3 is 0 Å². The summed E-state index contributed by atoms with van der Waals surface area (Å²) in [5, 5.41) is 0. The van der Waals surface area contributed by atoms with Crippen molar-refractivity contribution in [3.63, 3.8) is 0 Å². The zero-order chi connectivity index (χ0) is 11.3. The number of rotatable bonds is 5. The minimum atomic E-state index is 0.655. The van der Waals surface area contributed by atoms with E-state index in [2.05, 4.69) is 62.7 Å². The maximum absolute atomic E-state index is 4.31. The van der Waals surface area contributed by atoms with Crippen LogP contribution in [-0.2, 0) is 6.54 Å². The summed E-state index contributed by atoms with van der Waals surface area (Å²) in [4.78, 5) is 2.36. The third kappa shape index (κ3) is 4.27. The maximum Gasteiger partial charge on any atom is 0.0233 e. The van der Waals surface area contributed by atoms with Crippen LogP contribution in [0.15, 0.2) is 24.3 Å². The van der Waals surface area contributed by atoms with Crippen molar-refractivity contribution in [2.75, 3.05) is 19.3 Å². The lowest BCUT2D eigenvalue weighted by molar-refractivity contribution is 0.290. The lowest BCUT2D eigenvalue weighted by Crippen LogP contribution is -2.25. The molecule has 0 aromatic heterocycles. The molecule has 1 nitrogen and oxygen atoms in total. The van der Waals surface area contributed by atoms with E-state index in [0.717, 1.165) is 18.8 Å². The molecule has 0 N–H and O–H groups in total. The Balaban J connectivity index is 2.51. The minimum absolute atomic E-state index is 0.655. The Morgan fingerprint density at radius 3 is 2.60 bits per heavy atom. The third-order valence-electron chi connectivity index (χ3n) is 2.64. The fourth-order valence-corrected chi connectivity index (χ4v) is 1.85. The van der Waals surface area contributed by atoms with E-state index < -0.39 is 0 Å². The molecule has 1 aromatic carbocycles. The van der Waals surface area contributed by atoms with Gasteiger partial charge in [0, 0.05) is 13.1 Å². The van der Waals surface area contributed by atoms with Crippen LogP contribution in [0.3, 0.4) is 0 Å². The number of benzene rings is 1. The fourth-order valence-electron chi connectivity index (χ4n) is 1.73. The summed E-state index contributed by atoms with van der Waals surface area (Å²) in [6.45, 7) is 6.55. The van der Waals surface area contributed by atoms with Crippen molar-refractivity contribution in [1.29, 1.82) is 0 Å². The third-order valence-corrected chi connectivity index (χ3v) is 3.26. The van der Waals surface area contributed by atoms with E-state index in [9.17, 15) is 0 Å². The van der Waals surface area contributed by atoms with Crippen molar-refractivity contribution in [3.8, 4) is 0 Å². The molecule has 0 bridgehead atoms. The average molecular weight is 223 g/mol. The van der Waals surface area contributed by atoms with E-state index in [1.165, 1.54) is 11.1 Å². The van der Waals surface area contributed by atoms with Crippen molar-refractivity contribution in [1.82, 2.24) is 4.90 Å². The Hall–Kier alpha value is -0.470. The van der Waals surface area contributed by atoms with Crippen molar-refractivity contribution in [2.45, 2.75) is 20.4 Å². The summed E-state index contributed by atoms with van der Waals surface area (Å²) in [6, 6.07) is 8.58. The normalized spacial score (nSPS) is 13.1. The van der Waals surface area contributed by atoms with E-state index in [-0.39, 0.29) is 0 Å². The van der Waals surface area contributed by atoms with Gasteiger partial charge in [0.2, 0.25) is 0 Å². The summed E-state index contributed by atoms with van der Waals surface area (Å²) in [5.41, 5.74) is 2.80. The predicted molar refractivity (Wildman–Crippen MR) is 70.5 cm³/mol. The molecular weight excluding hydrogens is 202 g/mol. The van der Waals surface area contributed by atoms with Gasteiger partial charge in [0.15, 0.2) is 0 Å². The number of hydrogen-bond acceptors (Lipinski definition) is 2. The summed E-state index contributed by atoms with van der Waals surface area (Å²) in [5.74, 6) is 1.61. The van der Waals surface area contributed by atoms with Gasteiger partial charge in [-0.3, -0.25) is 0 Å². The molecule has 1 unspecified atom stereocenters. The first-order valence-electron chi connectivity index (χ1n) is 5.47. The highest BCUT2D eigenvalue weighted by Gasteiger charge is 2.06. The Morgan fingerprint density at radius 2 is 2.00 bits per heavy atom. The number of nitrogens with zero attached hydrogens (tertiary/aromatic N) is 1. The number of aryl methyl sites for hydroxylation is 1. The molecule has 0 aliphatic carbocycles. The standard InChI is InChI=1S/C13H21NS/c1-11(10-15)8-14(3)9-13-7-5-4-6-12(13)2/h4-7,11,15H,8-10H2,1-3H3. The minimum Gasteiger partial charge on any atom is -0.302 e. The molecule has 0 aliphatic heterocycles. The highest BCUT2D eigenvalue weighted by molar-refractivity contribution is 7.80. The van der Waals surface area contributed by atoms with Crippen LogP contribution in [0, 0.1) is 12.8 Å². The Morgan fingerprint density at radius 1 is 1.33 bits per heavy atom. The second-order valence-corrected chi connectivity index (χ2v) is 4.78. The van der Waals surface area contributed by atoms with E-state index in [0.29, 0.717) is 5.92 Å². The molecule has 1 aromatic rings. The second kappa shape index (κ2) is 6.19. The first kappa shape index (κ1) is 12.6. The number of thiol groups is 1. The zero-order valence-electron chi connectivity index (χ0n) is 9.90. The Labute approximate surface area is 98.9 Å². The van der Waals surface area contributed by atoms with Crippen LogP contribution in [0.2, 0.25) is 0 Å². The monoisotopic (exact) mass is 223 g/mol.